The van der Waals surface area contributed by atoms with Gasteiger partial charge in [-0.1, -0.05) is 6.07 Å². The Labute approximate surface area is 154 Å². The number of carbonyl (C=O) groups excluding carboxylic acids is 1. The quantitative estimate of drug-likeness (QED) is 0.536. The second kappa shape index (κ2) is 6.65. The highest BCUT2D eigenvalue weighted by Crippen LogP contribution is 2.36. The van der Waals surface area contributed by atoms with Crippen LogP contribution in [0.15, 0.2) is 59.6 Å². The Kier molecular flexibility index (Phi) is 4.18. The first-order valence-electron chi connectivity index (χ1n) is 7.98. The van der Waals surface area contributed by atoms with Crippen molar-refractivity contribution in [3.8, 4) is 22.6 Å². The van der Waals surface area contributed by atoms with Crippen molar-refractivity contribution in [2.45, 2.75) is 0 Å². The lowest BCUT2D eigenvalue weighted by Gasteiger charge is -2.09. The fourth-order valence-electron chi connectivity index (χ4n) is 2.97. The Bertz CT molecular complexity index is 1080. The van der Waals surface area contributed by atoms with Crippen molar-refractivity contribution in [3.63, 3.8) is 0 Å². The second-order valence-corrected chi connectivity index (χ2v) is 6.45. The summed E-state index contributed by atoms with van der Waals surface area (Å²) in [6.45, 7) is 0. The zero-order chi connectivity index (χ0) is 18.1. The van der Waals surface area contributed by atoms with Crippen molar-refractivity contribution in [3.05, 3.63) is 65.1 Å². The lowest BCUT2D eigenvalue weighted by Crippen LogP contribution is -2.10. The van der Waals surface area contributed by atoms with Crippen molar-refractivity contribution in [1.82, 2.24) is 9.55 Å². The van der Waals surface area contributed by atoms with Gasteiger partial charge in [0.2, 0.25) is 0 Å². The van der Waals surface area contributed by atoms with Crippen LogP contribution in [0.25, 0.3) is 22.2 Å². The summed E-state index contributed by atoms with van der Waals surface area (Å²) < 4.78 is 12.3. The first kappa shape index (κ1) is 16.4. The summed E-state index contributed by atoms with van der Waals surface area (Å²) in [5, 5.41) is 4.64. The van der Waals surface area contributed by atoms with Crippen molar-refractivity contribution in [1.29, 1.82) is 0 Å². The number of fused-ring (bicyclic) bond motifs is 1. The maximum atomic E-state index is 12.9. The van der Waals surface area contributed by atoms with Gasteiger partial charge in [-0.05, 0) is 41.3 Å². The van der Waals surface area contributed by atoms with E-state index < -0.39 is 0 Å². The zero-order valence-corrected chi connectivity index (χ0v) is 15.1. The van der Waals surface area contributed by atoms with Gasteiger partial charge in [0.25, 0.3) is 5.91 Å². The molecule has 0 amide bonds. The van der Waals surface area contributed by atoms with Crippen LogP contribution in [0.1, 0.15) is 10.4 Å². The molecule has 0 bridgehead atoms. The molecule has 3 aromatic heterocycles. The van der Waals surface area contributed by atoms with E-state index in [1.165, 1.54) is 11.3 Å². The summed E-state index contributed by atoms with van der Waals surface area (Å²) in [4.78, 5) is 17.3. The highest BCUT2D eigenvalue weighted by Gasteiger charge is 2.18. The first-order valence-corrected chi connectivity index (χ1v) is 8.92. The molecule has 0 aliphatic rings. The normalized spacial score (nSPS) is 10.8. The highest BCUT2D eigenvalue weighted by atomic mass is 32.1. The van der Waals surface area contributed by atoms with Gasteiger partial charge in [-0.25, -0.2) is 4.98 Å². The number of hydrogen-bond acceptors (Lipinski definition) is 5. The smallest absolute Gasteiger partial charge is 0.264 e. The van der Waals surface area contributed by atoms with Gasteiger partial charge in [0.15, 0.2) is 11.5 Å². The van der Waals surface area contributed by atoms with Gasteiger partial charge in [-0.2, -0.15) is 11.3 Å². The van der Waals surface area contributed by atoms with Crippen LogP contribution < -0.4 is 9.47 Å². The van der Waals surface area contributed by atoms with E-state index in [-0.39, 0.29) is 5.91 Å². The molecule has 1 aromatic carbocycles. The van der Waals surface area contributed by atoms with E-state index in [2.05, 4.69) is 4.98 Å². The highest BCUT2D eigenvalue weighted by molar-refractivity contribution is 7.08. The number of hydrogen-bond donors (Lipinski definition) is 0. The summed E-state index contributed by atoms with van der Waals surface area (Å²) in [5.74, 6) is 1.20. The Balaban J connectivity index is 1.90. The predicted molar refractivity (Wildman–Crippen MR) is 102 cm³/mol. The van der Waals surface area contributed by atoms with E-state index in [1.54, 1.807) is 25.0 Å². The number of benzene rings is 1. The van der Waals surface area contributed by atoms with Crippen LogP contribution >= 0.6 is 11.3 Å². The van der Waals surface area contributed by atoms with Crippen molar-refractivity contribution in [2.24, 2.45) is 0 Å². The van der Waals surface area contributed by atoms with Gasteiger partial charge in [0.1, 0.15) is 5.65 Å². The number of thiophene rings is 1. The zero-order valence-electron chi connectivity index (χ0n) is 14.3. The fourth-order valence-corrected chi connectivity index (χ4v) is 3.60. The van der Waals surface area contributed by atoms with Crippen LogP contribution in [0.4, 0.5) is 0 Å². The molecule has 4 rings (SSSR count). The van der Waals surface area contributed by atoms with E-state index >= 15 is 0 Å². The molecule has 0 aliphatic heterocycles. The van der Waals surface area contributed by atoms with Crippen LogP contribution in [0.2, 0.25) is 0 Å². The molecule has 3 heterocycles. The molecule has 5 nitrogen and oxygen atoms in total. The number of pyridine rings is 1. The number of ether oxygens (including phenoxy) is 2. The standard InChI is InChI=1S/C20H16N2O3S/c1-24-17-6-5-13(10-18(17)25-2)16-11-22(19-15(16)4-3-8-21-19)20(23)14-7-9-26-12-14/h3-12H,1-2H3. The van der Waals surface area contributed by atoms with Crippen LogP contribution in [-0.2, 0) is 0 Å². The van der Waals surface area contributed by atoms with E-state index in [4.69, 9.17) is 9.47 Å². The summed E-state index contributed by atoms with van der Waals surface area (Å²) in [7, 11) is 3.21. The van der Waals surface area contributed by atoms with Crippen LogP contribution in [-0.4, -0.2) is 29.7 Å². The molecule has 130 valence electrons. The third kappa shape index (κ3) is 2.64. The molecular formula is C20H16N2O3S. The molecule has 0 N–H and O–H groups in total. The van der Waals surface area contributed by atoms with Crippen LogP contribution in [0.3, 0.4) is 0 Å². The number of methoxy groups -OCH3 is 2. The molecular weight excluding hydrogens is 348 g/mol. The molecule has 6 heteroatoms. The van der Waals surface area contributed by atoms with Gasteiger partial charge >= 0.3 is 0 Å². The monoisotopic (exact) mass is 364 g/mol. The van der Waals surface area contributed by atoms with Crippen molar-refractivity contribution in [2.75, 3.05) is 14.2 Å². The number of aromatic nitrogens is 2. The van der Waals surface area contributed by atoms with Gasteiger partial charge in [0, 0.05) is 28.7 Å². The molecule has 0 atom stereocenters. The number of carbonyl (C=O) groups is 1. The maximum absolute atomic E-state index is 12.9. The Hall–Kier alpha value is -3.12. The number of nitrogens with zero attached hydrogens (tertiary/aromatic N) is 2. The molecule has 0 unspecified atom stereocenters. The van der Waals surface area contributed by atoms with Gasteiger partial charge in [0.05, 0.1) is 19.8 Å². The molecule has 4 aromatic rings. The minimum atomic E-state index is -0.0957. The van der Waals surface area contributed by atoms with Crippen LogP contribution in [0.5, 0.6) is 11.5 Å². The predicted octanol–water partition coefficient (Wildman–Crippen LogP) is 4.47. The molecule has 0 saturated heterocycles. The van der Waals surface area contributed by atoms with Crippen molar-refractivity contribution < 1.29 is 14.3 Å². The third-order valence-corrected chi connectivity index (χ3v) is 4.93. The summed E-state index contributed by atoms with van der Waals surface area (Å²) >= 11 is 1.50. The van der Waals surface area contributed by atoms with E-state index in [1.807, 2.05) is 53.4 Å². The minimum Gasteiger partial charge on any atom is -0.493 e. The fraction of sp³-hybridized carbons (Fsp3) is 0.100. The topological polar surface area (TPSA) is 53.4 Å². The van der Waals surface area contributed by atoms with Gasteiger partial charge in [-0.15, -0.1) is 0 Å². The summed E-state index contributed by atoms with van der Waals surface area (Å²) in [6.07, 6.45) is 3.52. The molecule has 0 radical (unpaired) electrons. The van der Waals surface area contributed by atoms with Gasteiger partial charge in [-0.3, -0.25) is 9.36 Å². The molecule has 26 heavy (non-hydrogen) atoms. The third-order valence-electron chi connectivity index (χ3n) is 4.24. The molecule has 0 fully saturated rings. The number of rotatable bonds is 4. The minimum absolute atomic E-state index is 0.0957. The SMILES string of the molecule is COc1ccc(-c2cn(C(=O)c3ccsc3)c3ncccc23)cc1OC. The summed E-state index contributed by atoms with van der Waals surface area (Å²) in [6, 6.07) is 11.4. The molecule has 0 spiro atoms. The Morgan fingerprint density at radius 2 is 1.96 bits per heavy atom. The average molecular weight is 364 g/mol. The largest absolute Gasteiger partial charge is 0.493 e. The maximum Gasteiger partial charge on any atom is 0.264 e. The van der Waals surface area contributed by atoms with Gasteiger partial charge < -0.3 is 9.47 Å². The second-order valence-electron chi connectivity index (χ2n) is 5.67. The molecule has 0 aliphatic carbocycles. The van der Waals surface area contributed by atoms with E-state index in [0.29, 0.717) is 22.7 Å². The van der Waals surface area contributed by atoms with Crippen molar-refractivity contribution >= 4 is 28.3 Å². The van der Waals surface area contributed by atoms with Crippen LogP contribution in [0, 0.1) is 0 Å². The first-order chi connectivity index (χ1) is 12.7. The van der Waals surface area contributed by atoms with E-state index in [9.17, 15) is 4.79 Å². The molecule has 0 saturated carbocycles. The Morgan fingerprint density at radius 1 is 1.12 bits per heavy atom. The average Bonchev–Trinajstić information content (AvgIpc) is 3.35. The lowest BCUT2D eigenvalue weighted by molar-refractivity contribution is 0.0965. The Morgan fingerprint density at radius 3 is 2.69 bits per heavy atom. The lowest BCUT2D eigenvalue weighted by atomic mass is 10.1. The summed E-state index contributed by atoms with van der Waals surface area (Å²) in [5.41, 5.74) is 3.13. The van der Waals surface area contributed by atoms with E-state index in [0.717, 1.165) is 16.5 Å².